The number of H-pyrrole nitrogens is 1. The van der Waals surface area contributed by atoms with E-state index in [9.17, 15) is 9.18 Å². The number of halogens is 1. The van der Waals surface area contributed by atoms with Crippen molar-refractivity contribution < 1.29 is 9.18 Å². The van der Waals surface area contributed by atoms with Gasteiger partial charge in [-0.1, -0.05) is 30.3 Å². The van der Waals surface area contributed by atoms with Gasteiger partial charge in [-0.15, -0.1) is 0 Å². The highest BCUT2D eigenvalue weighted by atomic mass is 19.1. The molecule has 2 nitrogen and oxygen atoms in total. The second-order valence-corrected chi connectivity index (χ2v) is 5.58. The largest absolute Gasteiger partial charge is 0.352 e. The fourth-order valence-corrected chi connectivity index (χ4v) is 3.12. The van der Waals surface area contributed by atoms with Crippen LogP contribution < -0.4 is 0 Å². The summed E-state index contributed by atoms with van der Waals surface area (Å²) in [4.78, 5) is 15.9. The lowest BCUT2D eigenvalue weighted by Crippen LogP contribution is -2.13. The Morgan fingerprint density at radius 1 is 1.05 bits per heavy atom. The Balaban J connectivity index is 1.79. The highest BCUT2D eigenvalue weighted by Gasteiger charge is 2.25. The summed E-state index contributed by atoms with van der Waals surface area (Å²) in [6.45, 7) is 0. The topological polar surface area (TPSA) is 32.9 Å². The Hall–Kier alpha value is -2.68. The van der Waals surface area contributed by atoms with Gasteiger partial charge in [0.1, 0.15) is 5.82 Å². The number of aryl methyl sites for hydroxylation is 1. The molecule has 0 saturated carbocycles. The van der Waals surface area contributed by atoms with Crippen molar-refractivity contribution in [3.8, 4) is 0 Å². The summed E-state index contributed by atoms with van der Waals surface area (Å²) in [6.07, 6.45) is 3.30. The molecule has 0 saturated heterocycles. The monoisotopic (exact) mass is 291 g/mol. The van der Waals surface area contributed by atoms with E-state index in [0.29, 0.717) is 12.1 Å². The Morgan fingerprint density at radius 3 is 2.77 bits per heavy atom. The minimum Gasteiger partial charge on any atom is -0.352 e. The summed E-state index contributed by atoms with van der Waals surface area (Å²) in [6, 6.07) is 14.3. The van der Waals surface area contributed by atoms with Crippen LogP contribution in [0.15, 0.2) is 54.1 Å². The summed E-state index contributed by atoms with van der Waals surface area (Å²) in [5.74, 6) is -0.273. The smallest absolute Gasteiger partial charge is 0.205 e. The van der Waals surface area contributed by atoms with Gasteiger partial charge in [0, 0.05) is 16.5 Å². The lowest BCUT2D eigenvalue weighted by Gasteiger charge is -2.14. The molecule has 1 aromatic heterocycles. The van der Waals surface area contributed by atoms with Crippen molar-refractivity contribution in [1.29, 1.82) is 0 Å². The zero-order valence-electron chi connectivity index (χ0n) is 11.9. The molecule has 0 radical (unpaired) electrons. The molecule has 0 atom stereocenters. The second-order valence-electron chi connectivity index (χ2n) is 5.58. The number of Topliss-reactive ketones (excluding diaryl/α,β-unsaturated/α-hetero) is 1. The van der Waals surface area contributed by atoms with Gasteiger partial charge >= 0.3 is 0 Å². The molecule has 0 spiro atoms. The molecule has 0 amide bonds. The van der Waals surface area contributed by atoms with Crippen LogP contribution in [0.1, 0.15) is 28.0 Å². The third-order valence-electron chi connectivity index (χ3n) is 4.17. The van der Waals surface area contributed by atoms with Gasteiger partial charge in [0.05, 0.1) is 5.69 Å². The maximum Gasteiger partial charge on any atom is 0.205 e. The van der Waals surface area contributed by atoms with Crippen molar-refractivity contribution in [3.63, 3.8) is 0 Å². The lowest BCUT2D eigenvalue weighted by atomic mass is 9.89. The normalized spacial score (nSPS) is 16.2. The number of aromatic nitrogens is 1. The number of carbonyl (C=O) groups is 1. The third-order valence-corrected chi connectivity index (χ3v) is 4.17. The highest BCUT2D eigenvalue weighted by molar-refractivity contribution is 6.14. The molecule has 3 heteroatoms. The molecule has 108 valence electrons. The van der Waals surface area contributed by atoms with E-state index < -0.39 is 0 Å². The van der Waals surface area contributed by atoms with Gasteiger partial charge in [0.15, 0.2) is 0 Å². The van der Waals surface area contributed by atoms with Crippen LogP contribution in [0, 0.1) is 5.82 Å². The first-order valence-corrected chi connectivity index (χ1v) is 7.33. The Labute approximate surface area is 127 Å². The number of aromatic amines is 1. The molecule has 22 heavy (non-hydrogen) atoms. The van der Waals surface area contributed by atoms with Crippen molar-refractivity contribution in [3.05, 3.63) is 76.7 Å². The van der Waals surface area contributed by atoms with Crippen LogP contribution in [0.25, 0.3) is 17.0 Å². The molecule has 0 unspecified atom stereocenters. The molecule has 1 aliphatic rings. The van der Waals surface area contributed by atoms with Crippen molar-refractivity contribution in [2.75, 3.05) is 0 Å². The summed E-state index contributed by atoms with van der Waals surface area (Å²) >= 11 is 0. The molecular weight excluding hydrogens is 277 g/mol. The molecule has 0 fully saturated rings. The summed E-state index contributed by atoms with van der Waals surface area (Å²) < 4.78 is 13.3. The number of nitrogens with one attached hydrogen (secondary N) is 1. The minimum atomic E-state index is -0.288. The summed E-state index contributed by atoms with van der Waals surface area (Å²) in [7, 11) is 0. The summed E-state index contributed by atoms with van der Waals surface area (Å²) in [5.41, 5.74) is 4.22. The predicted molar refractivity (Wildman–Crippen MR) is 85.3 cm³/mol. The average Bonchev–Trinajstić information content (AvgIpc) is 2.90. The highest BCUT2D eigenvalue weighted by Crippen LogP contribution is 2.32. The Morgan fingerprint density at radius 2 is 1.91 bits per heavy atom. The molecule has 2 aromatic carbocycles. The zero-order valence-corrected chi connectivity index (χ0v) is 11.9. The molecular formula is C19H14FNO. The first-order chi connectivity index (χ1) is 10.7. The third kappa shape index (κ3) is 2.06. The van der Waals surface area contributed by atoms with Gasteiger partial charge < -0.3 is 4.98 Å². The van der Waals surface area contributed by atoms with Crippen LogP contribution in [0.2, 0.25) is 0 Å². The Bertz CT molecular complexity index is 920. The average molecular weight is 291 g/mol. The van der Waals surface area contributed by atoms with Gasteiger partial charge in [0.25, 0.3) is 0 Å². The van der Waals surface area contributed by atoms with Gasteiger partial charge in [-0.2, -0.15) is 0 Å². The lowest BCUT2D eigenvalue weighted by molar-refractivity contribution is 0.102. The maximum absolute atomic E-state index is 13.3. The van der Waals surface area contributed by atoms with E-state index >= 15 is 0 Å². The van der Waals surface area contributed by atoms with Crippen molar-refractivity contribution in [1.82, 2.24) is 4.98 Å². The van der Waals surface area contributed by atoms with Gasteiger partial charge in [-0.25, -0.2) is 4.39 Å². The van der Waals surface area contributed by atoms with Crippen LogP contribution in [0.5, 0.6) is 0 Å². The molecule has 3 aromatic rings. The molecule has 0 aliphatic heterocycles. The molecule has 1 heterocycles. The fraction of sp³-hybridized carbons (Fsp3) is 0.105. The number of allylic oxidation sites excluding steroid dienone is 1. The number of rotatable bonds is 1. The minimum absolute atomic E-state index is 0.0155. The van der Waals surface area contributed by atoms with E-state index in [1.807, 2.05) is 30.3 Å². The zero-order chi connectivity index (χ0) is 15.1. The van der Waals surface area contributed by atoms with E-state index in [1.165, 1.54) is 12.1 Å². The quantitative estimate of drug-likeness (QED) is 0.657. The van der Waals surface area contributed by atoms with E-state index in [1.54, 1.807) is 12.1 Å². The predicted octanol–water partition coefficient (Wildman–Crippen LogP) is 4.52. The molecule has 1 N–H and O–H groups in total. The van der Waals surface area contributed by atoms with Gasteiger partial charge in [-0.05, 0) is 48.2 Å². The van der Waals surface area contributed by atoms with E-state index in [0.717, 1.165) is 34.0 Å². The summed E-state index contributed by atoms with van der Waals surface area (Å²) in [5, 5.41) is 1.12. The Kier molecular flexibility index (Phi) is 2.93. The van der Waals surface area contributed by atoms with Crippen molar-refractivity contribution in [2.45, 2.75) is 12.8 Å². The number of para-hydroxylation sites is 1. The van der Waals surface area contributed by atoms with Gasteiger partial charge in [0.2, 0.25) is 5.78 Å². The van der Waals surface area contributed by atoms with Crippen LogP contribution in [0.3, 0.4) is 0 Å². The number of fused-ring (bicyclic) bond motifs is 3. The van der Waals surface area contributed by atoms with E-state index in [4.69, 9.17) is 0 Å². The standard InChI is InChI=1S/C19H14FNO/c20-14-5-3-4-12(11-14)10-13-8-9-16-15-6-1-2-7-17(15)21-18(16)19(13)22/h1-7,10-11,21H,8-9H2/b13-10+. The van der Waals surface area contributed by atoms with Crippen LogP contribution in [0.4, 0.5) is 4.39 Å². The molecule has 4 rings (SSSR count). The van der Waals surface area contributed by atoms with Crippen molar-refractivity contribution >= 4 is 22.8 Å². The van der Waals surface area contributed by atoms with Gasteiger partial charge in [-0.3, -0.25) is 4.79 Å². The van der Waals surface area contributed by atoms with Crippen LogP contribution in [-0.4, -0.2) is 10.8 Å². The number of carbonyl (C=O) groups excluding carboxylic acids is 1. The first kappa shape index (κ1) is 13.0. The number of hydrogen-bond donors (Lipinski definition) is 1. The fourth-order valence-electron chi connectivity index (χ4n) is 3.12. The number of ketones is 1. The van der Waals surface area contributed by atoms with Crippen LogP contribution >= 0.6 is 0 Å². The second kappa shape index (κ2) is 4.95. The number of benzene rings is 2. The first-order valence-electron chi connectivity index (χ1n) is 7.33. The van der Waals surface area contributed by atoms with Crippen molar-refractivity contribution in [2.24, 2.45) is 0 Å². The molecule has 1 aliphatic carbocycles. The van der Waals surface area contributed by atoms with E-state index in [-0.39, 0.29) is 11.6 Å². The maximum atomic E-state index is 13.3. The molecule has 0 bridgehead atoms. The van der Waals surface area contributed by atoms with E-state index in [2.05, 4.69) is 4.98 Å². The number of hydrogen-bond acceptors (Lipinski definition) is 1. The van der Waals surface area contributed by atoms with Crippen LogP contribution in [-0.2, 0) is 6.42 Å². The SMILES string of the molecule is O=C1/C(=C/c2cccc(F)c2)CCc2c1[nH]c1ccccc21.